The minimum absolute atomic E-state index is 0. The zero-order chi connectivity index (χ0) is 18.0. The van der Waals surface area contributed by atoms with E-state index in [0.29, 0.717) is 22.0 Å². The quantitative estimate of drug-likeness (QED) is 0.775. The highest BCUT2D eigenvalue weighted by molar-refractivity contribution is 7.91. The molecule has 0 spiro atoms. The van der Waals surface area contributed by atoms with Crippen molar-refractivity contribution >= 4 is 39.5 Å². The molecular weight excluding hydrogens is 399 g/mol. The molecule has 144 valence electrons. The number of benzene rings is 1. The lowest BCUT2D eigenvalue weighted by Crippen LogP contribution is -2.43. The molecule has 1 saturated heterocycles. The number of sulfonamides is 1. The summed E-state index contributed by atoms with van der Waals surface area (Å²) in [6.07, 6.45) is 0. The summed E-state index contributed by atoms with van der Waals surface area (Å²) in [5.41, 5.74) is 1.62. The largest absolute Gasteiger partial charge is 0.367 e. The van der Waals surface area contributed by atoms with Crippen LogP contribution < -0.4 is 14.9 Å². The molecule has 0 unspecified atom stereocenters. The third-order valence-corrected chi connectivity index (χ3v) is 7.12. The highest BCUT2D eigenvalue weighted by atomic mass is 35.5. The molecule has 1 fully saturated rings. The fourth-order valence-electron chi connectivity index (χ4n) is 2.83. The fraction of sp³-hybridized carbons (Fsp3) is 0.438. The molecule has 2 heterocycles. The molecule has 2 N–H and O–H groups in total. The Balaban J connectivity index is 0.00000243. The third kappa shape index (κ3) is 4.72. The minimum Gasteiger partial charge on any atom is -0.367 e. The summed E-state index contributed by atoms with van der Waals surface area (Å²) in [4.78, 5) is 6.13. The van der Waals surface area contributed by atoms with Crippen LogP contribution in [0.1, 0.15) is 16.3 Å². The SMILES string of the molecule is Cc1nc(C)c(S(=O)(=O)NCc2ccc(N3CCNCC3)c(F)c2)s1.Cl. The minimum atomic E-state index is -3.65. The van der Waals surface area contributed by atoms with Gasteiger partial charge in [-0.05, 0) is 31.5 Å². The molecule has 2 aromatic rings. The first kappa shape index (κ1) is 21.0. The van der Waals surface area contributed by atoms with Gasteiger partial charge in [0, 0.05) is 32.7 Å². The van der Waals surface area contributed by atoms with E-state index in [0.717, 1.165) is 37.5 Å². The van der Waals surface area contributed by atoms with Crippen LogP contribution in [0.5, 0.6) is 0 Å². The van der Waals surface area contributed by atoms with Crippen molar-refractivity contribution in [2.45, 2.75) is 24.6 Å². The standard InChI is InChI=1S/C16H21FN4O2S2.ClH/c1-11-16(24-12(2)20-11)25(22,23)19-10-13-3-4-15(14(17)9-13)21-7-5-18-6-8-21;/h3-4,9,18-19H,5-8,10H2,1-2H3;1H. The van der Waals surface area contributed by atoms with Crippen molar-refractivity contribution < 1.29 is 12.8 Å². The smallest absolute Gasteiger partial charge is 0.252 e. The molecule has 6 nitrogen and oxygen atoms in total. The second kappa shape index (κ2) is 8.62. The van der Waals surface area contributed by atoms with E-state index in [1.165, 1.54) is 6.07 Å². The molecule has 0 aliphatic carbocycles. The molecule has 0 amide bonds. The maximum Gasteiger partial charge on any atom is 0.252 e. The van der Waals surface area contributed by atoms with Crippen molar-refractivity contribution in [3.8, 4) is 0 Å². The van der Waals surface area contributed by atoms with Gasteiger partial charge >= 0.3 is 0 Å². The number of rotatable bonds is 5. The van der Waals surface area contributed by atoms with Crippen molar-refractivity contribution in [3.05, 3.63) is 40.3 Å². The molecule has 1 aliphatic rings. The molecular formula is C16H22ClFN4O2S2. The number of piperazine rings is 1. The Morgan fingerprint density at radius 3 is 2.58 bits per heavy atom. The van der Waals surface area contributed by atoms with Crippen molar-refractivity contribution in [1.29, 1.82) is 0 Å². The van der Waals surface area contributed by atoms with E-state index in [2.05, 4.69) is 15.0 Å². The number of halogens is 2. The first-order chi connectivity index (χ1) is 11.9. The van der Waals surface area contributed by atoms with E-state index in [9.17, 15) is 12.8 Å². The van der Waals surface area contributed by atoms with Crippen molar-refractivity contribution in [2.24, 2.45) is 0 Å². The Morgan fingerprint density at radius 2 is 2.00 bits per heavy atom. The maximum atomic E-state index is 14.4. The van der Waals surface area contributed by atoms with Gasteiger partial charge < -0.3 is 10.2 Å². The fourth-order valence-corrected chi connectivity index (χ4v) is 5.37. The highest BCUT2D eigenvalue weighted by Crippen LogP contribution is 2.24. The Morgan fingerprint density at radius 1 is 1.31 bits per heavy atom. The van der Waals surface area contributed by atoms with Gasteiger partial charge in [-0.2, -0.15) is 0 Å². The molecule has 26 heavy (non-hydrogen) atoms. The summed E-state index contributed by atoms with van der Waals surface area (Å²) in [7, 11) is -3.65. The van der Waals surface area contributed by atoms with Crippen LogP contribution in [0, 0.1) is 19.7 Å². The molecule has 1 aromatic heterocycles. The van der Waals surface area contributed by atoms with Gasteiger partial charge in [0.2, 0.25) is 0 Å². The van der Waals surface area contributed by atoms with Crippen molar-refractivity contribution in [1.82, 2.24) is 15.0 Å². The molecule has 0 atom stereocenters. The number of anilines is 1. The second-order valence-corrected chi connectivity index (χ2v) is 9.12. The Kier molecular flexibility index (Phi) is 6.98. The number of hydrogen-bond donors (Lipinski definition) is 2. The van der Waals surface area contributed by atoms with Crippen LogP contribution in [0.4, 0.5) is 10.1 Å². The van der Waals surface area contributed by atoms with Crippen LogP contribution in [-0.4, -0.2) is 39.6 Å². The molecule has 0 saturated carbocycles. The van der Waals surface area contributed by atoms with Gasteiger partial charge in [-0.3, -0.25) is 0 Å². The van der Waals surface area contributed by atoms with E-state index >= 15 is 0 Å². The van der Waals surface area contributed by atoms with Crippen molar-refractivity contribution in [2.75, 3.05) is 31.1 Å². The molecule has 3 rings (SSSR count). The van der Waals surface area contributed by atoms with Crippen LogP contribution in [0.15, 0.2) is 22.4 Å². The van der Waals surface area contributed by atoms with Crippen LogP contribution in [0.2, 0.25) is 0 Å². The van der Waals surface area contributed by atoms with Crippen LogP contribution in [-0.2, 0) is 16.6 Å². The second-order valence-electron chi connectivity index (χ2n) is 5.95. The predicted octanol–water partition coefficient (Wildman–Crippen LogP) is 2.21. The number of aryl methyl sites for hydroxylation is 2. The lowest BCUT2D eigenvalue weighted by atomic mass is 10.1. The number of thiazole rings is 1. The van der Waals surface area contributed by atoms with Crippen LogP contribution in [0.3, 0.4) is 0 Å². The Hall–Kier alpha value is -1.26. The van der Waals surface area contributed by atoms with Gasteiger partial charge in [0.15, 0.2) is 4.21 Å². The topological polar surface area (TPSA) is 74.3 Å². The summed E-state index contributed by atoms with van der Waals surface area (Å²) in [5, 5.41) is 3.93. The van der Waals surface area contributed by atoms with Gasteiger partial charge in [-0.1, -0.05) is 6.07 Å². The average molecular weight is 421 g/mol. The molecule has 0 bridgehead atoms. The summed E-state index contributed by atoms with van der Waals surface area (Å²) < 4.78 is 41.9. The van der Waals surface area contributed by atoms with E-state index in [4.69, 9.17) is 0 Å². The molecule has 1 aromatic carbocycles. The van der Waals surface area contributed by atoms with Crippen LogP contribution >= 0.6 is 23.7 Å². The van der Waals surface area contributed by atoms with Crippen molar-refractivity contribution in [3.63, 3.8) is 0 Å². The summed E-state index contributed by atoms with van der Waals surface area (Å²) in [5.74, 6) is -0.330. The number of hydrogen-bond acceptors (Lipinski definition) is 6. The third-order valence-electron chi connectivity index (χ3n) is 4.04. The van der Waals surface area contributed by atoms with E-state index in [-0.39, 0.29) is 29.0 Å². The summed E-state index contributed by atoms with van der Waals surface area (Å²) in [6, 6.07) is 4.87. The highest BCUT2D eigenvalue weighted by Gasteiger charge is 2.21. The number of nitrogens with one attached hydrogen (secondary N) is 2. The van der Waals surface area contributed by atoms with E-state index in [1.54, 1.807) is 26.0 Å². The van der Waals surface area contributed by atoms with E-state index in [1.807, 2.05) is 4.90 Å². The van der Waals surface area contributed by atoms with Crippen LogP contribution in [0.25, 0.3) is 0 Å². The van der Waals surface area contributed by atoms with Gasteiger partial charge in [-0.25, -0.2) is 22.5 Å². The zero-order valence-electron chi connectivity index (χ0n) is 14.6. The predicted molar refractivity (Wildman–Crippen MR) is 104 cm³/mol. The molecule has 0 radical (unpaired) electrons. The van der Waals surface area contributed by atoms with Gasteiger partial charge in [0.25, 0.3) is 10.0 Å². The van der Waals surface area contributed by atoms with Gasteiger partial charge in [0.1, 0.15) is 5.82 Å². The average Bonchev–Trinajstić information content (AvgIpc) is 2.93. The van der Waals surface area contributed by atoms with Gasteiger partial charge in [0.05, 0.1) is 16.4 Å². The zero-order valence-corrected chi connectivity index (χ0v) is 17.0. The summed E-state index contributed by atoms with van der Waals surface area (Å²) in [6.45, 7) is 6.64. The molecule has 10 heteroatoms. The first-order valence-corrected chi connectivity index (χ1v) is 10.3. The first-order valence-electron chi connectivity index (χ1n) is 8.04. The Bertz CT molecular complexity index is 867. The summed E-state index contributed by atoms with van der Waals surface area (Å²) >= 11 is 1.13. The number of aromatic nitrogens is 1. The lowest BCUT2D eigenvalue weighted by molar-refractivity contribution is 0.564. The molecule has 1 aliphatic heterocycles. The lowest BCUT2D eigenvalue weighted by Gasteiger charge is -2.29. The van der Waals surface area contributed by atoms with Gasteiger partial charge in [-0.15, -0.1) is 23.7 Å². The Labute approximate surface area is 163 Å². The normalized spacial score (nSPS) is 15.0. The maximum absolute atomic E-state index is 14.4. The number of nitrogens with zero attached hydrogens (tertiary/aromatic N) is 2. The van der Waals surface area contributed by atoms with E-state index < -0.39 is 10.0 Å². The monoisotopic (exact) mass is 420 g/mol.